The molecule has 2 aromatic carbocycles. The van der Waals surface area contributed by atoms with Crippen LogP contribution < -0.4 is 14.8 Å². The van der Waals surface area contributed by atoms with E-state index in [-0.39, 0.29) is 6.79 Å². The van der Waals surface area contributed by atoms with Gasteiger partial charge in [-0.15, -0.1) is 0 Å². The summed E-state index contributed by atoms with van der Waals surface area (Å²) in [6.07, 6.45) is 0. The van der Waals surface area contributed by atoms with Crippen LogP contribution in [0.5, 0.6) is 11.5 Å². The van der Waals surface area contributed by atoms with E-state index in [1.54, 1.807) is 0 Å². The Balaban J connectivity index is 1.79. The van der Waals surface area contributed by atoms with E-state index in [0.29, 0.717) is 23.1 Å². The van der Waals surface area contributed by atoms with Crippen LogP contribution in [0, 0.1) is 6.92 Å². The van der Waals surface area contributed by atoms with Gasteiger partial charge in [0, 0.05) is 16.7 Å². The van der Waals surface area contributed by atoms with E-state index in [1.165, 1.54) is 5.56 Å². The van der Waals surface area contributed by atoms with Crippen LogP contribution in [0.25, 0.3) is 0 Å². The van der Waals surface area contributed by atoms with Gasteiger partial charge in [-0.25, -0.2) is 0 Å². The Kier molecular flexibility index (Phi) is 3.76. The highest BCUT2D eigenvalue weighted by molar-refractivity contribution is 9.10. The van der Waals surface area contributed by atoms with Crippen LogP contribution in [-0.4, -0.2) is 6.79 Å². The molecule has 2 aromatic rings. The standard InChI is InChI=1S/C15H13BrClNO2/c1-9-11(16)3-2-4-13(9)18-7-10-5-12(17)15-14(6-10)19-8-20-15/h2-6,18H,7-8H2,1H3. The van der Waals surface area contributed by atoms with Crippen molar-refractivity contribution in [2.75, 3.05) is 12.1 Å². The van der Waals surface area contributed by atoms with Gasteiger partial charge in [-0.3, -0.25) is 0 Å². The topological polar surface area (TPSA) is 30.5 Å². The highest BCUT2D eigenvalue weighted by Gasteiger charge is 2.18. The molecule has 0 unspecified atom stereocenters. The van der Waals surface area contributed by atoms with E-state index < -0.39 is 0 Å². The minimum Gasteiger partial charge on any atom is -0.454 e. The van der Waals surface area contributed by atoms with Crippen molar-refractivity contribution in [2.24, 2.45) is 0 Å². The maximum absolute atomic E-state index is 6.17. The van der Waals surface area contributed by atoms with E-state index in [9.17, 15) is 0 Å². The number of benzene rings is 2. The summed E-state index contributed by atoms with van der Waals surface area (Å²) in [5.74, 6) is 1.34. The van der Waals surface area contributed by atoms with Crippen LogP contribution in [0.3, 0.4) is 0 Å². The lowest BCUT2D eigenvalue weighted by atomic mass is 10.1. The Morgan fingerprint density at radius 2 is 2.15 bits per heavy atom. The average Bonchev–Trinajstić information content (AvgIpc) is 2.89. The first kappa shape index (κ1) is 13.6. The fourth-order valence-electron chi connectivity index (χ4n) is 2.12. The third kappa shape index (κ3) is 2.58. The Morgan fingerprint density at radius 3 is 3.00 bits per heavy atom. The fraction of sp³-hybridized carbons (Fsp3) is 0.200. The second-order valence-electron chi connectivity index (χ2n) is 4.58. The smallest absolute Gasteiger partial charge is 0.231 e. The van der Waals surface area contributed by atoms with E-state index in [1.807, 2.05) is 24.3 Å². The summed E-state index contributed by atoms with van der Waals surface area (Å²) < 4.78 is 11.8. The van der Waals surface area contributed by atoms with E-state index >= 15 is 0 Å². The van der Waals surface area contributed by atoms with Crippen LogP contribution in [0.1, 0.15) is 11.1 Å². The van der Waals surface area contributed by atoms with Crippen LogP contribution in [0.4, 0.5) is 5.69 Å². The Morgan fingerprint density at radius 1 is 1.30 bits per heavy atom. The van der Waals surface area contributed by atoms with Gasteiger partial charge >= 0.3 is 0 Å². The normalized spacial score (nSPS) is 12.6. The van der Waals surface area contributed by atoms with Crippen LogP contribution in [0.2, 0.25) is 5.02 Å². The number of rotatable bonds is 3. The first-order valence-corrected chi connectivity index (χ1v) is 7.39. The van der Waals surface area contributed by atoms with Gasteiger partial charge in [0.1, 0.15) is 0 Å². The molecule has 1 heterocycles. The molecule has 3 nitrogen and oxygen atoms in total. The van der Waals surface area contributed by atoms with Crippen molar-refractivity contribution in [1.29, 1.82) is 0 Å². The Labute approximate surface area is 131 Å². The SMILES string of the molecule is Cc1c(Br)cccc1NCc1cc(Cl)c2c(c1)OCO2. The zero-order valence-electron chi connectivity index (χ0n) is 10.9. The van der Waals surface area contributed by atoms with Crippen molar-refractivity contribution in [1.82, 2.24) is 0 Å². The molecule has 0 radical (unpaired) electrons. The van der Waals surface area contributed by atoms with E-state index in [2.05, 4.69) is 34.2 Å². The molecule has 3 rings (SSSR count). The third-order valence-corrected chi connectivity index (χ3v) is 4.38. The second kappa shape index (κ2) is 5.54. The molecule has 0 saturated carbocycles. The molecule has 0 aliphatic carbocycles. The number of nitrogens with one attached hydrogen (secondary N) is 1. The first-order chi connectivity index (χ1) is 9.65. The van der Waals surface area contributed by atoms with Crippen molar-refractivity contribution in [3.8, 4) is 11.5 Å². The second-order valence-corrected chi connectivity index (χ2v) is 5.84. The summed E-state index contributed by atoms with van der Waals surface area (Å²) in [4.78, 5) is 0. The maximum Gasteiger partial charge on any atom is 0.231 e. The molecule has 0 fully saturated rings. The number of fused-ring (bicyclic) bond motifs is 1. The molecule has 5 heteroatoms. The summed E-state index contributed by atoms with van der Waals surface area (Å²) in [5, 5.41) is 3.99. The first-order valence-electron chi connectivity index (χ1n) is 6.22. The minimum absolute atomic E-state index is 0.233. The lowest BCUT2D eigenvalue weighted by Crippen LogP contribution is -2.01. The fourth-order valence-corrected chi connectivity index (χ4v) is 2.77. The van der Waals surface area contributed by atoms with Crippen molar-refractivity contribution in [2.45, 2.75) is 13.5 Å². The number of ether oxygens (including phenoxy) is 2. The Hall–Kier alpha value is -1.39. The van der Waals surface area contributed by atoms with E-state index in [0.717, 1.165) is 15.7 Å². The van der Waals surface area contributed by atoms with Gasteiger partial charge in [-0.05, 0) is 42.3 Å². The van der Waals surface area contributed by atoms with Gasteiger partial charge in [-0.1, -0.05) is 33.6 Å². The van der Waals surface area contributed by atoms with Gasteiger partial charge in [0.2, 0.25) is 6.79 Å². The molecule has 0 bridgehead atoms. The van der Waals surface area contributed by atoms with Crippen molar-refractivity contribution in [3.63, 3.8) is 0 Å². The molecule has 0 atom stereocenters. The van der Waals surface area contributed by atoms with Gasteiger partial charge in [0.15, 0.2) is 11.5 Å². The molecule has 104 valence electrons. The minimum atomic E-state index is 0.233. The summed E-state index contributed by atoms with van der Waals surface area (Å²) >= 11 is 9.70. The highest BCUT2D eigenvalue weighted by Crippen LogP contribution is 2.40. The molecule has 20 heavy (non-hydrogen) atoms. The molecule has 1 N–H and O–H groups in total. The molecular formula is C15H13BrClNO2. The van der Waals surface area contributed by atoms with E-state index in [4.69, 9.17) is 21.1 Å². The van der Waals surface area contributed by atoms with Gasteiger partial charge in [-0.2, -0.15) is 0 Å². The zero-order chi connectivity index (χ0) is 14.1. The number of hydrogen-bond acceptors (Lipinski definition) is 3. The monoisotopic (exact) mass is 353 g/mol. The predicted octanol–water partition coefficient (Wildman–Crippen LogP) is 4.75. The van der Waals surface area contributed by atoms with Crippen LogP contribution in [-0.2, 0) is 6.54 Å². The maximum atomic E-state index is 6.17. The molecule has 0 aromatic heterocycles. The van der Waals surface area contributed by atoms with Crippen LogP contribution >= 0.6 is 27.5 Å². The summed E-state index contributed by atoms with van der Waals surface area (Å²) in [7, 11) is 0. The van der Waals surface area contributed by atoms with Gasteiger partial charge < -0.3 is 14.8 Å². The predicted molar refractivity (Wildman–Crippen MR) is 83.8 cm³/mol. The highest BCUT2D eigenvalue weighted by atomic mass is 79.9. The number of anilines is 1. The van der Waals surface area contributed by atoms with Gasteiger partial charge in [0.25, 0.3) is 0 Å². The molecule has 0 spiro atoms. The third-order valence-electron chi connectivity index (χ3n) is 3.24. The number of halogens is 2. The van der Waals surface area contributed by atoms with Crippen molar-refractivity contribution >= 4 is 33.2 Å². The van der Waals surface area contributed by atoms with Gasteiger partial charge in [0.05, 0.1) is 5.02 Å². The molecule has 0 saturated heterocycles. The van der Waals surface area contributed by atoms with Crippen LogP contribution in [0.15, 0.2) is 34.8 Å². The molecule has 0 amide bonds. The quantitative estimate of drug-likeness (QED) is 0.862. The molecular weight excluding hydrogens is 342 g/mol. The zero-order valence-corrected chi connectivity index (χ0v) is 13.2. The largest absolute Gasteiger partial charge is 0.454 e. The van der Waals surface area contributed by atoms with Crippen molar-refractivity contribution in [3.05, 3.63) is 51.0 Å². The summed E-state index contributed by atoms with van der Waals surface area (Å²) in [5.41, 5.74) is 3.33. The Bertz CT molecular complexity index is 661. The molecule has 1 aliphatic rings. The lowest BCUT2D eigenvalue weighted by molar-refractivity contribution is 0.174. The molecule has 1 aliphatic heterocycles. The van der Waals surface area contributed by atoms with Crippen molar-refractivity contribution < 1.29 is 9.47 Å². The summed E-state index contributed by atoms with van der Waals surface area (Å²) in [6.45, 7) is 2.98. The number of hydrogen-bond donors (Lipinski definition) is 1. The average molecular weight is 355 g/mol. The lowest BCUT2D eigenvalue weighted by Gasteiger charge is -2.11. The summed E-state index contributed by atoms with van der Waals surface area (Å²) in [6, 6.07) is 9.93.